The third-order valence-corrected chi connectivity index (χ3v) is 5.86. The van der Waals surface area contributed by atoms with E-state index >= 15 is 0 Å². The van der Waals surface area contributed by atoms with Crippen molar-refractivity contribution in [3.8, 4) is 0 Å². The summed E-state index contributed by atoms with van der Waals surface area (Å²) in [6.07, 6.45) is 0.296. The number of thiazole rings is 1. The minimum absolute atomic E-state index is 0.203. The van der Waals surface area contributed by atoms with Gasteiger partial charge < -0.3 is 15.2 Å². The number of imidazole rings is 1. The Morgan fingerprint density at radius 1 is 1.19 bits per heavy atom. The molecule has 0 spiro atoms. The lowest BCUT2D eigenvalue weighted by Crippen LogP contribution is -2.26. The summed E-state index contributed by atoms with van der Waals surface area (Å²) in [5, 5.41) is 6.33. The molecule has 4 heterocycles. The maximum Gasteiger partial charge on any atom is 0.433 e. The number of hydrogen-bond donors (Lipinski definition) is 2. The third kappa shape index (κ3) is 4.40. The molecule has 0 saturated carbocycles. The molecule has 4 aromatic rings. The van der Waals surface area contributed by atoms with Crippen LogP contribution in [0.5, 0.6) is 0 Å². The highest BCUT2D eigenvalue weighted by Crippen LogP contribution is 2.31. The number of nitrogens with zero attached hydrogens (tertiary/aromatic N) is 5. The number of anilines is 2. The Labute approximate surface area is 184 Å². The van der Waals surface area contributed by atoms with Crippen LogP contribution in [-0.4, -0.2) is 30.4 Å². The van der Waals surface area contributed by atoms with E-state index in [4.69, 9.17) is 0 Å². The Kier molecular flexibility index (Phi) is 5.55. The average Bonchev–Trinajstić information content (AvgIpc) is 3.35. The molecule has 8 nitrogen and oxygen atoms in total. The Bertz CT molecular complexity index is 1300. The zero-order valence-electron chi connectivity index (χ0n) is 17.2. The highest BCUT2D eigenvalue weighted by atomic mass is 32.1. The Morgan fingerprint density at radius 2 is 1.97 bits per heavy atom. The van der Waals surface area contributed by atoms with E-state index in [9.17, 15) is 18.0 Å². The number of rotatable bonds is 5. The van der Waals surface area contributed by atoms with Crippen molar-refractivity contribution < 1.29 is 18.0 Å². The number of alkyl halides is 3. The van der Waals surface area contributed by atoms with Crippen molar-refractivity contribution in [2.45, 2.75) is 26.1 Å². The monoisotopic (exact) mass is 461 g/mol. The fourth-order valence-electron chi connectivity index (χ4n) is 3.01. The number of pyridine rings is 2. The van der Waals surface area contributed by atoms with Crippen LogP contribution in [0.15, 0.2) is 36.9 Å². The zero-order valence-corrected chi connectivity index (χ0v) is 18.0. The van der Waals surface area contributed by atoms with Crippen LogP contribution in [0.2, 0.25) is 0 Å². The minimum Gasteiger partial charge on any atom is -0.343 e. The average molecular weight is 461 g/mol. The predicted molar refractivity (Wildman–Crippen MR) is 114 cm³/mol. The summed E-state index contributed by atoms with van der Waals surface area (Å²) in [7, 11) is 1.83. The predicted octanol–water partition coefficient (Wildman–Crippen LogP) is 4.38. The summed E-state index contributed by atoms with van der Waals surface area (Å²) in [6.45, 7) is 3.30. The lowest BCUT2D eigenvalue weighted by Gasteiger charge is -2.12. The van der Waals surface area contributed by atoms with E-state index in [2.05, 4.69) is 30.6 Å². The van der Waals surface area contributed by atoms with Crippen molar-refractivity contribution in [2.24, 2.45) is 7.05 Å². The number of fused-ring (bicyclic) bond motifs is 1. The Morgan fingerprint density at radius 3 is 2.69 bits per heavy atom. The molecule has 0 saturated heterocycles. The Balaban J connectivity index is 1.44. The van der Waals surface area contributed by atoms with Crippen LogP contribution < -0.4 is 10.6 Å². The van der Waals surface area contributed by atoms with Crippen molar-refractivity contribution in [3.05, 3.63) is 58.9 Å². The minimum atomic E-state index is -4.50. The van der Waals surface area contributed by atoms with Gasteiger partial charge in [0.15, 0.2) is 5.13 Å². The maximum atomic E-state index is 12.8. The zero-order chi connectivity index (χ0) is 23.0. The fraction of sp³-hybridized carbons (Fsp3) is 0.250. The van der Waals surface area contributed by atoms with Crippen LogP contribution in [0.4, 0.5) is 24.0 Å². The molecule has 0 aliphatic heterocycles. The molecule has 166 valence electrons. The molecule has 0 aliphatic rings. The summed E-state index contributed by atoms with van der Waals surface area (Å²) < 4.78 is 40.2. The first kappa shape index (κ1) is 21.7. The van der Waals surface area contributed by atoms with Crippen molar-refractivity contribution in [3.63, 3.8) is 0 Å². The van der Waals surface area contributed by atoms with Crippen LogP contribution in [0.1, 0.15) is 39.7 Å². The van der Waals surface area contributed by atoms with Crippen LogP contribution >= 0.6 is 11.3 Å². The van der Waals surface area contributed by atoms with Crippen molar-refractivity contribution in [1.82, 2.24) is 29.8 Å². The van der Waals surface area contributed by atoms with E-state index in [1.165, 1.54) is 24.3 Å². The topological polar surface area (TPSA) is 97.6 Å². The standard InChI is InChI=1S/C20H18F3N7OS/c1-10-12(4-5-17(27-10)20(21,22)23)29-19-25-8-16(32-19)11(2)28-18(31)13-6-15-14(7-24-13)26-9-30(15)3/h4-9,11H,1-3H3,(H,25,29)(H,28,31). The highest BCUT2D eigenvalue weighted by Gasteiger charge is 2.32. The molecular formula is C20H18F3N7OS. The molecule has 4 rings (SSSR count). The molecule has 12 heteroatoms. The van der Waals surface area contributed by atoms with Crippen LogP contribution in [0, 0.1) is 6.92 Å². The van der Waals surface area contributed by atoms with E-state index in [0.717, 1.165) is 16.5 Å². The maximum absolute atomic E-state index is 12.8. The summed E-state index contributed by atoms with van der Waals surface area (Å²) in [6, 6.07) is 3.55. The first-order valence-corrected chi connectivity index (χ1v) is 10.3. The molecule has 0 bridgehead atoms. The molecule has 0 aliphatic carbocycles. The molecule has 4 aromatic heterocycles. The van der Waals surface area contributed by atoms with Gasteiger partial charge in [-0.15, -0.1) is 0 Å². The van der Waals surface area contributed by atoms with E-state index < -0.39 is 11.9 Å². The first-order valence-electron chi connectivity index (χ1n) is 9.47. The summed E-state index contributed by atoms with van der Waals surface area (Å²) >= 11 is 1.28. The van der Waals surface area contributed by atoms with Crippen LogP contribution in [-0.2, 0) is 13.2 Å². The van der Waals surface area contributed by atoms with E-state index in [-0.39, 0.29) is 23.3 Å². The van der Waals surface area contributed by atoms with Crippen LogP contribution in [0.3, 0.4) is 0 Å². The van der Waals surface area contributed by atoms with Gasteiger partial charge in [0.2, 0.25) is 0 Å². The first-order chi connectivity index (χ1) is 15.1. The lowest BCUT2D eigenvalue weighted by atomic mass is 10.2. The van der Waals surface area contributed by atoms with Crippen molar-refractivity contribution in [1.29, 1.82) is 0 Å². The molecule has 2 N–H and O–H groups in total. The van der Waals surface area contributed by atoms with Gasteiger partial charge >= 0.3 is 6.18 Å². The SMILES string of the molecule is Cc1nc(C(F)(F)F)ccc1Nc1ncc(C(C)NC(=O)c2cc3c(cn2)ncn3C)s1. The number of nitrogens with one attached hydrogen (secondary N) is 2. The number of carbonyl (C=O) groups excluding carboxylic acids is 1. The van der Waals surface area contributed by atoms with Gasteiger partial charge in [-0.25, -0.2) is 19.9 Å². The number of hydrogen-bond acceptors (Lipinski definition) is 7. The quantitative estimate of drug-likeness (QED) is 0.458. The second-order valence-corrected chi connectivity index (χ2v) is 8.19. The van der Waals surface area contributed by atoms with Gasteiger partial charge in [-0.3, -0.25) is 4.79 Å². The molecule has 0 aromatic carbocycles. The third-order valence-electron chi connectivity index (χ3n) is 4.76. The Hall–Kier alpha value is -3.54. The summed E-state index contributed by atoms with van der Waals surface area (Å²) in [5.41, 5.74) is 1.43. The van der Waals surface area contributed by atoms with Crippen molar-refractivity contribution in [2.75, 3.05) is 5.32 Å². The van der Waals surface area contributed by atoms with Gasteiger partial charge in [0.25, 0.3) is 5.91 Å². The molecule has 1 atom stereocenters. The second-order valence-electron chi connectivity index (χ2n) is 7.13. The number of aryl methyl sites for hydroxylation is 2. The van der Waals surface area contributed by atoms with Gasteiger partial charge in [-0.05, 0) is 32.0 Å². The van der Waals surface area contributed by atoms with E-state index in [0.29, 0.717) is 16.3 Å². The lowest BCUT2D eigenvalue weighted by molar-refractivity contribution is -0.141. The summed E-state index contributed by atoms with van der Waals surface area (Å²) in [4.78, 5) is 29.6. The fourth-order valence-corrected chi connectivity index (χ4v) is 3.84. The molecule has 0 radical (unpaired) electrons. The molecule has 0 fully saturated rings. The van der Waals surface area contributed by atoms with Gasteiger partial charge in [0.05, 0.1) is 35.5 Å². The normalized spacial score (nSPS) is 12.7. The van der Waals surface area contributed by atoms with Crippen LogP contribution in [0.25, 0.3) is 11.0 Å². The van der Waals surface area contributed by atoms with Crippen molar-refractivity contribution >= 4 is 39.1 Å². The second kappa shape index (κ2) is 8.19. The van der Waals surface area contributed by atoms with Gasteiger partial charge in [0.1, 0.15) is 16.9 Å². The largest absolute Gasteiger partial charge is 0.433 e. The highest BCUT2D eigenvalue weighted by molar-refractivity contribution is 7.15. The molecular weight excluding hydrogens is 443 g/mol. The van der Waals surface area contributed by atoms with E-state index in [1.807, 2.05) is 14.0 Å². The molecule has 1 unspecified atom stereocenters. The van der Waals surface area contributed by atoms with E-state index in [1.54, 1.807) is 29.4 Å². The van der Waals surface area contributed by atoms with Gasteiger partial charge in [-0.1, -0.05) is 11.3 Å². The number of halogens is 3. The molecule has 32 heavy (non-hydrogen) atoms. The number of aromatic nitrogens is 5. The molecule has 1 amide bonds. The van der Waals surface area contributed by atoms with Gasteiger partial charge in [0, 0.05) is 18.1 Å². The number of amides is 1. The number of carbonyl (C=O) groups is 1. The van der Waals surface area contributed by atoms with Gasteiger partial charge in [-0.2, -0.15) is 13.2 Å². The summed E-state index contributed by atoms with van der Waals surface area (Å²) in [5.74, 6) is -0.341. The smallest absolute Gasteiger partial charge is 0.343 e.